The van der Waals surface area contributed by atoms with Crippen molar-refractivity contribution in [3.63, 3.8) is 0 Å². The summed E-state index contributed by atoms with van der Waals surface area (Å²) in [7, 11) is 0. The van der Waals surface area contributed by atoms with Crippen molar-refractivity contribution in [1.82, 2.24) is 4.90 Å². The monoisotopic (exact) mass is 227 g/mol. The average Bonchev–Trinajstić information content (AvgIpc) is 2.99. The normalized spacial score (nSPS) is 20.4. The molecule has 0 heterocycles. The van der Waals surface area contributed by atoms with Crippen molar-refractivity contribution in [2.24, 2.45) is 11.3 Å². The Bertz CT molecular complexity index is 201. The predicted octanol–water partition coefficient (Wildman–Crippen LogP) is 2.91. The highest BCUT2D eigenvalue weighted by molar-refractivity contribution is 4.89. The minimum Gasteiger partial charge on any atom is -0.396 e. The SMILES string of the molecule is CCCC(C)(CO)CN(CC(C)C)C1CC1. The Morgan fingerprint density at radius 3 is 2.38 bits per heavy atom. The molecule has 1 aliphatic rings. The molecule has 1 unspecified atom stereocenters. The molecule has 0 spiro atoms. The minimum absolute atomic E-state index is 0.103. The van der Waals surface area contributed by atoms with Crippen LogP contribution in [0.25, 0.3) is 0 Å². The summed E-state index contributed by atoms with van der Waals surface area (Å²) < 4.78 is 0. The summed E-state index contributed by atoms with van der Waals surface area (Å²) in [4.78, 5) is 2.61. The van der Waals surface area contributed by atoms with E-state index in [-0.39, 0.29) is 5.41 Å². The van der Waals surface area contributed by atoms with E-state index in [2.05, 4.69) is 32.6 Å². The first-order valence-electron chi connectivity index (χ1n) is 6.85. The van der Waals surface area contributed by atoms with Crippen LogP contribution in [0.5, 0.6) is 0 Å². The van der Waals surface area contributed by atoms with Crippen molar-refractivity contribution in [2.75, 3.05) is 19.7 Å². The van der Waals surface area contributed by atoms with Crippen molar-refractivity contribution in [3.05, 3.63) is 0 Å². The highest BCUT2D eigenvalue weighted by atomic mass is 16.3. The molecule has 1 N–H and O–H groups in total. The maximum Gasteiger partial charge on any atom is 0.0497 e. The zero-order valence-electron chi connectivity index (χ0n) is 11.5. The van der Waals surface area contributed by atoms with E-state index in [1.54, 1.807) is 0 Å². The van der Waals surface area contributed by atoms with Gasteiger partial charge in [0.15, 0.2) is 0 Å². The summed E-state index contributed by atoms with van der Waals surface area (Å²) in [6.07, 6.45) is 5.02. The lowest BCUT2D eigenvalue weighted by molar-refractivity contribution is 0.0707. The number of hydrogen-bond donors (Lipinski definition) is 1. The average molecular weight is 227 g/mol. The Labute approximate surface area is 101 Å². The molecule has 1 rings (SSSR count). The third-order valence-electron chi connectivity index (χ3n) is 3.48. The van der Waals surface area contributed by atoms with Crippen LogP contribution >= 0.6 is 0 Å². The molecule has 0 aliphatic heterocycles. The predicted molar refractivity (Wildman–Crippen MR) is 69.5 cm³/mol. The molecule has 0 saturated heterocycles. The summed E-state index contributed by atoms with van der Waals surface area (Å²) in [5.74, 6) is 0.727. The van der Waals surface area contributed by atoms with Gasteiger partial charge in [-0.3, -0.25) is 4.90 Å². The fourth-order valence-electron chi connectivity index (χ4n) is 2.55. The van der Waals surface area contributed by atoms with Gasteiger partial charge in [0.2, 0.25) is 0 Å². The summed E-state index contributed by atoms with van der Waals surface area (Å²) >= 11 is 0. The highest BCUT2D eigenvalue weighted by Gasteiger charge is 2.34. The molecule has 1 saturated carbocycles. The maximum atomic E-state index is 9.57. The quantitative estimate of drug-likeness (QED) is 0.689. The topological polar surface area (TPSA) is 23.5 Å². The van der Waals surface area contributed by atoms with Gasteiger partial charge in [-0.25, -0.2) is 0 Å². The molecule has 1 aliphatic carbocycles. The van der Waals surface area contributed by atoms with Crippen molar-refractivity contribution in [2.45, 2.75) is 59.4 Å². The van der Waals surface area contributed by atoms with Gasteiger partial charge >= 0.3 is 0 Å². The fraction of sp³-hybridized carbons (Fsp3) is 1.00. The molecule has 0 amide bonds. The Hall–Kier alpha value is -0.0800. The van der Waals surface area contributed by atoms with Crippen molar-refractivity contribution >= 4 is 0 Å². The maximum absolute atomic E-state index is 9.57. The minimum atomic E-state index is 0.103. The van der Waals surface area contributed by atoms with Crippen molar-refractivity contribution in [3.8, 4) is 0 Å². The first-order valence-corrected chi connectivity index (χ1v) is 6.85. The van der Waals surface area contributed by atoms with Crippen LogP contribution in [-0.4, -0.2) is 35.7 Å². The van der Waals surface area contributed by atoms with Gasteiger partial charge in [-0.15, -0.1) is 0 Å². The Balaban J connectivity index is 2.51. The Morgan fingerprint density at radius 1 is 1.38 bits per heavy atom. The zero-order valence-corrected chi connectivity index (χ0v) is 11.5. The van der Waals surface area contributed by atoms with E-state index < -0.39 is 0 Å². The van der Waals surface area contributed by atoms with E-state index >= 15 is 0 Å². The Morgan fingerprint density at radius 2 is 2.00 bits per heavy atom. The van der Waals surface area contributed by atoms with Crippen LogP contribution in [0.15, 0.2) is 0 Å². The van der Waals surface area contributed by atoms with Gasteiger partial charge in [0.05, 0.1) is 0 Å². The zero-order chi connectivity index (χ0) is 12.2. The van der Waals surface area contributed by atoms with Gasteiger partial charge in [-0.1, -0.05) is 34.1 Å². The first-order chi connectivity index (χ1) is 7.50. The summed E-state index contributed by atoms with van der Waals surface area (Å²) in [6.45, 7) is 11.6. The summed E-state index contributed by atoms with van der Waals surface area (Å²) in [5.41, 5.74) is 0.103. The third-order valence-corrected chi connectivity index (χ3v) is 3.48. The highest BCUT2D eigenvalue weighted by Crippen LogP contribution is 2.32. The van der Waals surface area contributed by atoms with Gasteiger partial charge in [0, 0.05) is 31.2 Å². The second-order valence-corrected chi connectivity index (χ2v) is 6.27. The van der Waals surface area contributed by atoms with Crippen LogP contribution in [0.4, 0.5) is 0 Å². The molecule has 1 atom stereocenters. The van der Waals surface area contributed by atoms with Gasteiger partial charge < -0.3 is 5.11 Å². The molecule has 1 fully saturated rings. The van der Waals surface area contributed by atoms with E-state index in [0.717, 1.165) is 31.3 Å². The lowest BCUT2D eigenvalue weighted by Crippen LogP contribution is -2.41. The van der Waals surface area contributed by atoms with Gasteiger partial charge in [0.1, 0.15) is 0 Å². The van der Waals surface area contributed by atoms with Crippen molar-refractivity contribution < 1.29 is 5.11 Å². The number of aliphatic hydroxyl groups excluding tert-OH is 1. The van der Waals surface area contributed by atoms with Crippen LogP contribution in [-0.2, 0) is 0 Å². The standard InChI is InChI=1S/C14H29NO/c1-5-8-14(4,11-16)10-15(9-12(2)3)13-6-7-13/h12-13,16H,5-11H2,1-4H3. The fourth-order valence-corrected chi connectivity index (χ4v) is 2.55. The van der Waals surface area contributed by atoms with Crippen molar-refractivity contribution in [1.29, 1.82) is 0 Å². The lowest BCUT2D eigenvalue weighted by Gasteiger charge is -2.35. The molecular formula is C14H29NO. The molecule has 0 aromatic carbocycles. The first kappa shape index (κ1) is 14.0. The molecule has 96 valence electrons. The molecule has 0 aromatic rings. The molecule has 0 aromatic heterocycles. The van der Waals surface area contributed by atoms with E-state index in [0.29, 0.717) is 6.61 Å². The van der Waals surface area contributed by atoms with E-state index in [1.165, 1.54) is 19.4 Å². The van der Waals surface area contributed by atoms with Crippen LogP contribution in [0.3, 0.4) is 0 Å². The number of hydrogen-bond acceptors (Lipinski definition) is 2. The van der Waals surface area contributed by atoms with Crippen LogP contribution in [0.1, 0.15) is 53.4 Å². The van der Waals surface area contributed by atoms with Gasteiger partial charge in [-0.05, 0) is 25.2 Å². The Kier molecular flexibility index (Phi) is 5.26. The van der Waals surface area contributed by atoms with Crippen LogP contribution in [0.2, 0.25) is 0 Å². The van der Waals surface area contributed by atoms with Gasteiger partial charge in [0.25, 0.3) is 0 Å². The molecule has 2 nitrogen and oxygen atoms in total. The second-order valence-electron chi connectivity index (χ2n) is 6.27. The lowest BCUT2D eigenvalue weighted by atomic mass is 9.85. The largest absolute Gasteiger partial charge is 0.396 e. The van der Waals surface area contributed by atoms with Crippen LogP contribution < -0.4 is 0 Å². The number of aliphatic hydroxyl groups is 1. The molecule has 0 radical (unpaired) electrons. The summed E-state index contributed by atoms with van der Waals surface area (Å²) in [6, 6.07) is 0.810. The number of nitrogens with zero attached hydrogens (tertiary/aromatic N) is 1. The second kappa shape index (κ2) is 6.02. The summed E-state index contributed by atoms with van der Waals surface area (Å²) in [5, 5.41) is 9.57. The molecule has 16 heavy (non-hydrogen) atoms. The van der Waals surface area contributed by atoms with E-state index in [1.807, 2.05) is 0 Å². The molecular weight excluding hydrogens is 198 g/mol. The van der Waals surface area contributed by atoms with E-state index in [4.69, 9.17) is 0 Å². The smallest absolute Gasteiger partial charge is 0.0497 e. The van der Waals surface area contributed by atoms with E-state index in [9.17, 15) is 5.11 Å². The molecule has 2 heteroatoms. The van der Waals surface area contributed by atoms with Crippen LogP contribution in [0, 0.1) is 11.3 Å². The molecule has 0 bridgehead atoms. The third kappa shape index (κ3) is 4.42. The van der Waals surface area contributed by atoms with Gasteiger partial charge in [-0.2, -0.15) is 0 Å². The number of rotatable bonds is 8.